The second-order valence-electron chi connectivity index (χ2n) is 5.28. The highest BCUT2D eigenvalue weighted by Crippen LogP contribution is 2.32. The van der Waals surface area contributed by atoms with E-state index in [9.17, 15) is 19.1 Å². The number of halogens is 2. The zero-order valence-corrected chi connectivity index (χ0v) is 16.5. The van der Waals surface area contributed by atoms with Crippen LogP contribution in [0.1, 0.15) is 18.9 Å². The van der Waals surface area contributed by atoms with E-state index in [1.54, 1.807) is 25.1 Å². The molecule has 0 aliphatic carbocycles. The van der Waals surface area contributed by atoms with Crippen LogP contribution in [0.2, 0.25) is 0 Å². The summed E-state index contributed by atoms with van der Waals surface area (Å²) in [4.78, 5) is 23.5. The van der Waals surface area contributed by atoms with Gasteiger partial charge in [0.05, 0.1) is 22.1 Å². The van der Waals surface area contributed by atoms with Crippen LogP contribution in [0, 0.1) is 9.39 Å². The summed E-state index contributed by atoms with van der Waals surface area (Å²) in [7, 11) is 0. The van der Waals surface area contributed by atoms with Crippen LogP contribution in [0.4, 0.5) is 10.1 Å². The summed E-state index contributed by atoms with van der Waals surface area (Å²) in [5, 5.41) is 16.0. The van der Waals surface area contributed by atoms with E-state index < -0.39 is 24.1 Å². The maximum absolute atomic E-state index is 13.5. The highest BCUT2D eigenvalue weighted by Gasteiger charge is 2.11. The van der Waals surface area contributed by atoms with Crippen molar-refractivity contribution in [3.63, 3.8) is 0 Å². The van der Waals surface area contributed by atoms with E-state index in [2.05, 4.69) is 15.8 Å². The van der Waals surface area contributed by atoms with Gasteiger partial charge in [-0.25, -0.2) is 9.82 Å². The Balaban J connectivity index is 1.91. The van der Waals surface area contributed by atoms with Gasteiger partial charge in [-0.2, -0.15) is 5.10 Å². The average Bonchev–Trinajstić information content (AvgIpc) is 2.61. The van der Waals surface area contributed by atoms with Gasteiger partial charge in [-0.3, -0.25) is 9.59 Å². The number of carbonyl (C=O) groups excluding carboxylic acids is 2. The zero-order valence-electron chi connectivity index (χ0n) is 14.3. The lowest BCUT2D eigenvalue weighted by Gasteiger charge is -2.08. The minimum atomic E-state index is -0.661. The molecule has 0 bridgehead atoms. The van der Waals surface area contributed by atoms with Crippen molar-refractivity contribution in [3.05, 3.63) is 51.3 Å². The molecule has 2 aromatic rings. The molecule has 0 spiro atoms. The molecule has 9 heteroatoms. The zero-order chi connectivity index (χ0) is 19.8. The number of ether oxygens (including phenoxy) is 1. The maximum Gasteiger partial charge on any atom is 0.249 e. The summed E-state index contributed by atoms with van der Waals surface area (Å²) in [5.74, 6) is -1.56. The van der Waals surface area contributed by atoms with E-state index >= 15 is 0 Å². The highest BCUT2D eigenvalue weighted by atomic mass is 127. The van der Waals surface area contributed by atoms with Crippen molar-refractivity contribution in [2.24, 2.45) is 5.10 Å². The summed E-state index contributed by atoms with van der Waals surface area (Å²) >= 11 is 1.95. The number of carbonyl (C=O) groups is 2. The molecule has 0 aliphatic heterocycles. The molecule has 2 rings (SSSR count). The number of nitrogens with zero attached hydrogens (tertiary/aromatic N) is 1. The molecule has 2 amide bonds. The first-order valence-electron chi connectivity index (χ1n) is 7.92. The molecular weight excluding hydrogens is 468 g/mol. The lowest BCUT2D eigenvalue weighted by molar-refractivity contribution is -0.126. The van der Waals surface area contributed by atoms with Crippen LogP contribution in [-0.4, -0.2) is 29.7 Å². The number of nitrogens with one attached hydrogen (secondary N) is 2. The van der Waals surface area contributed by atoms with Crippen LogP contribution in [0.5, 0.6) is 11.5 Å². The lowest BCUT2D eigenvalue weighted by atomic mass is 10.2. The molecule has 27 heavy (non-hydrogen) atoms. The van der Waals surface area contributed by atoms with Crippen LogP contribution in [0.15, 0.2) is 41.5 Å². The second-order valence-corrected chi connectivity index (χ2v) is 6.44. The molecule has 0 unspecified atom stereocenters. The fraction of sp³-hybridized carbons (Fsp3) is 0.167. The fourth-order valence-corrected chi connectivity index (χ4v) is 2.68. The molecule has 2 aromatic carbocycles. The van der Waals surface area contributed by atoms with Gasteiger partial charge in [0, 0.05) is 0 Å². The van der Waals surface area contributed by atoms with Crippen LogP contribution in [0.25, 0.3) is 0 Å². The quantitative estimate of drug-likeness (QED) is 0.243. The molecule has 0 fully saturated rings. The van der Waals surface area contributed by atoms with Crippen LogP contribution >= 0.6 is 22.6 Å². The Hall–Kier alpha value is -2.69. The number of phenols is 1. The van der Waals surface area contributed by atoms with Gasteiger partial charge < -0.3 is 15.2 Å². The predicted octanol–water partition coefficient (Wildman–Crippen LogP) is 3.01. The fourth-order valence-electron chi connectivity index (χ4n) is 2.05. The number of phenolic OH excluding ortho intramolecular Hbond substituents is 1. The molecule has 142 valence electrons. The minimum Gasteiger partial charge on any atom is -0.504 e. The molecule has 0 aromatic heterocycles. The van der Waals surface area contributed by atoms with E-state index in [1.165, 1.54) is 24.4 Å². The smallest absolute Gasteiger partial charge is 0.249 e. The van der Waals surface area contributed by atoms with E-state index in [4.69, 9.17) is 4.74 Å². The second kappa shape index (κ2) is 9.86. The molecule has 7 nitrogen and oxygen atoms in total. The Morgan fingerprint density at radius 2 is 2.04 bits per heavy atom. The Kier molecular flexibility index (Phi) is 7.53. The summed E-state index contributed by atoms with van der Waals surface area (Å²) in [5.41, 5.74) is 2.81. The van der Waals surface area contributed by atoms with E-state index in [-0.39, 0.29) is 11.4 Å². The maximum atomic E-state index is 13.5. The molecule has 0 aliphatic rings. The van der Waals surface area contributed by atoms with E-state index in [0.29, 0.717) is 21.5 Å². The van der Waals surface area contributed by atoms with Crippen molar-refractivity contribution in [1.29, 1.82) is 0 Å². The standard InChI is InChI=1S/C18H17FIN3O4/c1-2-27-15-8-11(7-13(20)18(15)26)10-21-23-17(25)9-16(24)22-14-6-4-3-5-12(14)19/h3-8,10,26H,2,9H2,1H3,(H,22,24)(H,23,25). The van der Waals surface area contributed by atoms with E-state index in [1.807, 2.05) is 22.6 Å². The summed E-state index contributed by atoms with van der Waals surface area (Å²) in [6.07, 6.45) is 0.847. The number of rotatable bonds is 7. The molecule has 0 radical (unpaired) electrons. The molecule has 0 heterocycles. The van der Waals surface area contributed by atoms with Crippen LogP contribution in [-0.2, 0) is 9.59 Å². The molecule has 0 atom stereocenters. The number of para-hydroxylation sites is 1. The molecular formula is C18H17FIN3O4. The Labute approximate surface area is 168 Å². The molecule has 0 saturated heterocycles. The number of hydrogen-bond acceptors (Lipinski definition) is 5. The van der Waals surface area contributed by atoms with E-state index in [0.717, 1.165) is 0 Å². The number of anilines is 1. The summed E-state index contributed by atoms with van der Waals surface area (Å²) < 4.78 is 19.3. The van der Waals surface area contributed by atoms with Gasteiger partial charge in [0.2, 0.25) is 11.8 Å². The van der Waals surface area contributed by atoms with Crippen LogP contribution in [0.3, 0.4) is 0 Å². The van der Waals surface area contributed by atoms with Gasteiger partial charge >= 0.3 is 0 Å². The number of hydrazone groups is 1. The number of aromatic hydroxyl groups is 1. The third-order valence-corrected chi connectivity index (χ3v) is 4.04. The van der Waals surface area contributed by atoms with Crippen molar-refractivity contribution >= 4 is 46.3 Å². The Morgan fingerprint density at radius 3 is 2.74 bits per heavy atom. The predicted molar refractivity (Wildman–Crippen MR) is 107 cm³/mol. The third-order valence-electron chi connectivity index (χ3n) is 3.22. The normalized spacial score (nSPS) is 10.6. The average molecular weight is 485 g/mol. The molecule has 3 N–H and O–H groups in total. The first-order valence-corrected chi connectivity index (χ1v) is 9.00. The van der Waals surface area contributed by atoms with Crippen LogP contribution < -0.4 is 15.5 Å². The van der Waals surface area contributed by atoms with Gasteiger partial charge in [-0.05, 0) is 59.3 Å². The number of hydrogen-bond donors (Lipinski definition) is 3. The minimum absolute atomic E-state index is 0.000855. The summed E-state index contributed by atoms with van der Waals surface area (Å²) in [6.45, 7) is 2.18. The van der Waals surface area contributed by atoms with Crippen molar-refractivity contribution in [1.82, 2.24) is 5.43 Å². The topological polar surface area (TPSA) is 100 Å². The van der Waals surface area contributed by atoms with Crippen molar-refractivity contribution < 1.29 is 23.8 Å². The van der Waals surface area contributed by atoms with Crippen molar-refractivity contribution in [2.45, 2.75) is 13.3 Å². The number of amides is 2. The molecule has 0 saturated carbocycles. The van der Waals surface area contributed by atoms with Gasteiger partial charge in [-0.15, -0.1) is 0 Å². The van der Waals surface area contributed by atoms with Crippen molar-refractivity contribution in [2.75, 3.05) is 11.9 Å². The first kappa shape index (κ1) is 20.6. The summed E-state index contributed by atoms with van der Waals surface area (Å²) in [6, 6.07) is 8.88. The lowest BCUT2D eigenvalue weighted by Crippen LogP contribution is -2.24. The third kappa shape index (κ3) is 6.20. The van der Waals surface area contributed by atoms with Gasteiger partial charge in [0.25, 0.3) is 0 Å². The first-order chi connectivity index (χ1) is 12.9. The monoisotopic (exact) mass is 485 g/mol. The Morgan fingerprint density at radius 1 is 1.30 bits per heavy atom. The van der Waals surface area contributed by atoms with Gasteiger partial charge in [0.1, 0.15) is 12.2 Å². The highest BCUT2D eigenvalue weighted by molar-refractivity contribution is 14.1. The van der Waals surface area contributed by atoms with Crippen molar-refractivity contribution in [3.8, 4) is 11.5 Å². The SMILES string of the molecule is CCOc1cc(C=NNC(=O)CC(=O)Nc2ccccc2F)cc(I)c1O. The van der Waals surface area contributed by atoms with Gasteiger partial charge in [-0.1, -0.05) is 12.1 Å². The largest absolute Gasteiger partial charge is 0.504 e. The van der Waals surface area contributed by atoms with Gasteiger partial charge in [0.15, 0.2) is 11.5 Å². The Bertz CT molecular complexity index is 874. The number of benzene rings is 2.